The average Bonchev–Trinajstić information content (AvgIpc) is 2.90. The molecule has 0 saturated carbocycles. The number of hydrogen-bond donors (Lipinski definition) is 1. The van der Waals surface area contributed by atoms with Crippen LogP contribution >= 0.6 is 0 Å². The molecule has 0 aliphatic carbocycles. The lowest BCUT2D eigenvalue weighted by molar-refractivity contribution is -0.143. The fraction of sp³-hybridized carbons (Fsp3) is 0.167. The number of anilines is 1. The molecule has 1 N–H and O–H groups in total. The number of carbonyl (C=O) groups excluding carboxylic acids is 1. The van der Waals surface area contributed by atoms with E-state index in [1.165, 1.54) is 0 Å². The molecule has 0 radical (unpaired) electrons. The van der Waals surface area contributed by atoms with E-state index in [1.54, 1.807) is 0 Å². The summed E-state index contributed by atoms with van der Waals surface area (Å²) in [7, 11) is 0. The molecule has 0 aliphatic rings. The van der Waals surface area contributed by atoms with Crippen LogP contribution < -0.4 is 5.32 Å². The van der Waals surface area contributed by atoms with Gasteiger partial charge in [-0.2, -0.15) is 26.3 Å². The van der Waals surface area contributed by atoms with E-state index >= 15 is 0 Å². The van der Waals surface area contributed by atoms with Crippen molar-refractivity contribution in [3.63, 3.8) is 0 Å². The monoisotopic (exact) mass is 324 g/mol. The Bertz CT molecular complexity index is 644. The van der Waals surface area contributed by atoms with Gasteiger partial charge < -0.3 is 9.84 Å². The summed E-state index contributed by atoms with van der Waals surface area (Å²) in [6.07, 6.45) is -8.89. The number of carbonyl (C=O) groups is 1. The smallest absolute Gasteiger partial charge is 0.351 e. The van der Waals surface area contributed by atoms with Crippen LogP contribution in [0.15, 0.2) is 35.0 Å². The van der Waals surface area contributed by atoms with Gasteiger partial charge in [-0.15, -0.1) is 0 Å². The Hall–Kier alpha value is -2.52. The van der Waals surface area contributed by atoms with Crippen LogP contribution in [0.3, 0.4) is 0 Å². The summed E-state index contributed by atoms with van der Waals surface area (Å²) < 4.78 is 80.3. The zero-order chi connectivity index (χ0) is 16.5. The molecule has 0 atom stereocenters. The summed E-state index contributed by atoms with van der Waals surface area (Å²) >= 11 is 0. The Labute approximate surface area is 118 Å². The van der Waals surface area contributed by atoms with Gasteiger partial charge in [-0.3, -0.25) is 4.79 Å². The maximum absolute atomic E-state index is 12.6. The van der Waals surface area contributed by atoms with Crippen LogP contribution in [-0.4, -0.2) is 11.1 Å². The number of aromatic nitrogens is 1. The molecule has 1 amide bonds. The number of hydrogen-bond acceptors (Lipinski definition) is 3. The number of rotatable bonds is 2. The van der Waals surface area contributed by atoms with E-state index in [-0.39, 0.29) is 11.8 Å². The predicted octanol–water partition coefficient (Wildman–Crippen LogP) is 3.96. The van der Waals surface area contributed by atoms with Crippen LogP contribution in [0.2, 0.25) is 0 Å². The van der Waals surface area contributed by atoms with Crippen LogP contribution in [0.5, 0.6) is 0 Å². The third-order valence-electron chi connectivity index (χ3n) is 2.51. The maximum Gasteiger partial charge on any atom is 0.416 e. The van der Waals surface area contributed by atoms with Crippen molar-refractivity contribution < 1.29 is 35.7 Å². The highest BCUT2D eigenvalue weighted by atomic mass is 19.4. The summed E-state index contributed by atoms with van der Waals surface area (Å²) in [4.78, 5) is 11.6. The number of alkyl halides is 6. The van der Waals surface area contributed by atoms with Crippen molar-refractivity contribution in [1.82, 2.24) is 5.16 Å². The topological polar surface area (TPSA) is 55.1 Å². The minimum Gasteiger partial charge on any atom is -0.351 e. The molecule has 0 saturated heterocycles. The Balaban J connectivity index is 2.40. The van der Waals surface area contributed by atoms with Crippen LogP contribution in [-0.2, 0) is 12.4 Å². The van der Waals surface area contributed by atoms with Gasteiger partial charge in [0.2, 0.25) is 5.76 Å². The van der Waals surface area contributed by atoms with Gasteiger partial charge in [0, 0.05) is 11.8 Å². The highest BCUT2D eigenvalue weighted by Crippen LogP contribution is 2.37. The molecular weight excluding hydrogens is 318 g/mol. The van der Waals surface area contributed by atoms with E-state index in [0.29, 0.717) is 12.1 Å². The highest BCUT2D eigenvalue weighted by molar-refractivity contribution is 6.02. The van der Waals surface area contributed by atoms with Gasteiger partial charge in [-0.25, -0.2) is 0 Å². The number of benzene rings is 1. The first kappa shape index (κ1) is 15.9. The van der Waals surface area contributed by atoms with Crippen molar-refractivity contribution in [1.29, 1.82) is 0 Å². The van der Waals surface area contributed by atoms with E-state index in [0.717, 1.165) is 12.3 Å². The predicted molar refractivity (Wildman–Crippen MR) is 60.9 cm³/mol. The third kappa shape index (κ3) is 3.57. The Morgan fingerprint density at radius 2 is 1.55 bits per heavy atom. The molecule has 1 aromatic heterocycles. The Kier molecular flexibility index (Phi) is 3.86. The standard InChI is InChI=1S/C12H6F6N2O2/c13-11(14,15)6-3-7(12(16,17)18)5-8(4-6)20-10(21)9-1-2-19-22-9/h1-5H,(H,20,21). The molecule has 2 aromatic rings. The van der Waals surface area contributed by atoms with Gasteiger partial charge in [-0.05, 0) is 18.2 Å². The van der Waals surface area contributed by atoms with Gasteiger partial charge in [0.05, 0.1) is 17.3 Å². The van der Waals surface area contributed by atoms with Crippen molar-refractivity contribution in [2.45, 2.75) is 12.4 Å². The highest BCUT2D eigenvalue weighted by Gasteiger charge is 2.37. The average molecular weight is 324 g/mol. The van der Waals surface area contributed by atoms with Crippen LogP contribution in [0.1, 0.15) is 21.7 Å². The first-order valence-corrected chi connectivity index (χ1v) is 5.59. The zero-order valence-electron chi connectivity index (χ0n) is 10.4. The molecule has 4 nitrogen and oxygen atoms in total. The molecule has 0 aliphatic heterocycles. The van der Waals surface area contributed by atoms with Gasteiger partial charge in [0.1, 0.15) is 0 Å². The van der Waals surface area contributed by atoms with Gasteiger partial charge in [0.25, 0.3) is 5.91 Å². The van der Waals surface area contributed by atoms with Gasteiger partial charge in [-0.1, -0.05) is 5.16 Å². The quantitative estimate of drug-likeness (QED) is 0.851. The van der Waals surface area contributed by atoms with Gasteiger partial charge in [0.15, 0.2) is 0 Å². The van der Waals surface area contributed by atoms with E-state index < -0.39 is 35.1 Å². The molecule has 2 rings (SSSR count). The summed E-state index contributed by atoms with van der Waals surface area (Å²) in [5.74, 6) is -1.38. The van der Waals surface area contributed by atoms with Crippen molar-refractivity contribution in [3.8, 4) is 0 Å². The maximum atomic E-state index is 12.6. The number of nitrogens with zero attached hydrogens (tertiary/aromatic N) is 1. The lowest BCUT2D eigenvalue weighted by Gasteiger charge is -2.14. The molecule has 0 fully saturated rings. The van der Waals surface area contributed by atoms with E-state index in [4.69, 9.17) is 0 Å². The molecule has 0 bridgehead atoms. The lowest BCUT2D eigenvalue weighted by atomic mass is 10.1. The fourth-order valence-electron chi connectivity index (χ4n) is 1.55. The molecule has 118 valence electrons. The third-order valence-corrected chi connectivity index (χ3v) is 2.51. The summed E-state index contributed by atoms with van der Waals surface area (Å²) in [6.45, 7) is 0. The van der Waals surface area contributed by atoms with Crippen LogP contribution in [0.4, 0.5) is 32.0 Å². The Morgan fingerprint density at radius 3 is 1.95 bits per heavy atom. The number of halogens is 6. The van der Waals surface area contributed by atoms with Crippen LogP contribution in [0.25, 0.3) is 0 Å². The van der Waals surface area contributed by atoms with Crippen molar-refractivity contribution in [2.24, 2.45) is 0 Å². The molecule has 1 heterocycles. The molecule has 10 heteroatoms. The molecule has 1 aromatic carbocycles. The minimum absolute atomic E-state index is 0.0376. The van der Waals surface area contributed by atoms with E-state index in [2.05, 4.69) is 9.68 Å². The second-order valence-corrected chi connectivity index (χ2v) is 4.13. The summed E-state index contributed by atoms with van der Waals surface area (Å²) in [5, 5.41) is 5.10. The second-order valence-electron chi connectivity index (χ2n) is 4.13. The SMILES string of the molecule is O=C(Nc1cc(C(F)(F)F)cc(C(F)(F)F)c1)c1ccno1. The molecular formula is C12H6F6N2O2. The van der Waals surface area contributed by atoms with Gasteiger partial charge >= 0.3 is 12.4 Å². The molecule has 22 heavy (non-hydrogen) atoms. The molecule has 0 spiro atoms. The summed E-state index contributed by atoms with van der Waals surface area (Å²) in [6, 6.07) is 1.85. The lowest BCUT2D eigenvalue weighted by Crippen LogP contribution is -2.15. The first-order valence-electron chi connectivity index (χ1n) is 5.59. The normalized spacial score (nSPS) is 12.3. The van der Waals surface area contributed by atoms with Crippen molar-refractivity contribution >= 4 is 11.6 Å². The second kappa shape index (κ2) is 5.35. The number of amides is 1. The fourth-order valence-corrected chi connectivity index (χ4v) is 1.55. The first-order chi connectivity index (χ1) is 10.1. The van der Waals surface area contributed by atoms with E-state index in [9.17, 15) is 31.1 Å². The molecule has 0 unspecified atom stereocenters. The number of nitrogens with one attached hydrogen (secondary N) is 1. The largest absolute Gasteiger partial charge is 0.416 e. The minimum atomic E-state index is -4.99. The summed E-state index contributed by atoms with van der Waals surface area (Å²) in [5.41, 5.74) is -3.73. The van der Waals surface area contributed by atoms with Crippen LogP contribution in [0, 0.1) is 0 Å². The Morgan fingerprint density at radius 1 is 1.00 bits per heavy atom. The van der Waals surface area contributed by atoms with Crippen molar-refractivity contribution in [3.05, 3.63) is 47.3 Å². The zero-order valence-corrected chi connectivity index (χ0v) is 10.4. The van der Waals surface area contributed by atoms with Crippen molar-refractivity contribution in [2.75, 3.05) is 5.32 Å². The van der Waals surface area contributed by atoms with E-state index in [1.807, 2.05) is 5.32 Å².